The maximum atomic E-state index is 11.4. The van der Waals surface area contributed by atoms with Gasteiger partial charge in [-0.15, -0.1) is 0 Å². The lowest BCUT2D eigenvalue weighted by Crippen LogP contribution is -2.27. The van der Waals surface area contributed by atoms with Crippen molar-refractivity contribution in [1.29, 1.82) is 0 Å². The Labute approximate surface area is 108 Å². The van der Waals surface area contributed by atoms with Crippen LogP contribution in [0.25, 0.3) is 0 Å². The van der Waals surface area contributed by atoms with Crippen LogP contribution in [-0.2, 0) is 6.54 Å². The van der Waals surface area contributed by atoms with Gasteiger partial charge in [0.2, 0.25) is 0 Å². The summed E-state index contributed by atoms with van der Waals surface area (Å²) in [5, 5.41) is 9.34. The molecule has 1 unspecified atom stereocenters. The van der Waals surface area contributed by atoms with Crippen LogP contribution in [-0.4, -0.2) is 42.6 Å². The predicted molar refractivity (Wildman–Crippen MR) is 71.0 cm³/mol. The van der Waals surface area contributed by atoms with E-state index < -0.39 is 0 Å². The molecule has 0 bridgehead atoms. The third-order valence-corrected chi connectivity index (χ3v) is 2.70. The number of methoxy groups -OCH3 is 1. The molecule has 0 aliphatic carbocycles. The molecule has 0 saturated heterocycles. The van der Waals surface area contributed by atoms with Crippen molar-refractivity contribution in [2.75, 3.05) is 20.7 Å². The number of rotatable bonds is 6. The van der Waals surface area contributed by atoms with Gasteiger partial charge < -0.3 is 9.84 Å². The number of carbonyl (C=O) groups excluding carboxylic acids is 1. The second-order valence-electron chi connectivity index (χ2n) is 4.63. The second-order valence-corrected chi connectivity index (χ2v) is 4.63. The molecule has 1 atom stereocenters. The highest BCUT2D eigenvalue weighted by Crippen LogP contribution is 2.21. The van der Waals surface area contributed by atoms with E-state index >= 15 is 0 Å². The fraction of sp³-hybridized carbons (Fsp3) is 0.500. The molecular formula is C14H21NO3. The minimum absolute atomic E-state index is 0.0390. The van der Waals surface area contributed by atoms with E-state index in [1.54, 1.807) is 27.0 Å². The number of ether oxygens (including phenoxy) is 1. The summed E-state index contributed by atoms with van der Waals surface area (Å²) in [5.41, 5.74) is 1.63. The number of aliphatic hydroxyl groups is 1. The Bertz CT molecular complexity index is 416. The maximum absolute atomic E-state index is 11.4. The Balaban J connectivity index is 2.90. The Morgan fingerprint density at radius 2 is 2.17 bits per heavy atom. The SMILES string of the molecule is COc1ccc(C(C)=O)cc1CN(C)CC(C)O. The van der Waals surface area contributed by atoms with E-state index in [9.17, 15) is 9.90 Å². The zero-order valence-electron chi connectivity index (χ0n) is 11.4. The largest absolute Gasteiger partial charge is 0.496 e. The van der Waals surface area contributed by atoms with Gasteiger partial charge in [0.1, 0.15) is 5.75 Å². The number of benzene rings is 1. The number of hydrogen-bond acceptors (Lipinski definition) is 4. The summed E-state index contributed by atoms with van der Waals surface area (Å²) in [6.45, 7) is 4.51. The molecule has 1 N–H and O–H groups in total. The van der Waals surface area contributed by atoms with Gasteiger partial charge >= 0.3 is 0 Å². The lowest BCUT2D eigenvalue weighted by atomic mass is 10.1. The number of carbonyl (C=O) groups is 1. The molecule has 0 heterocycles. The molecule has 18 heavy (non-hydrogen) atoms. The second kappa shape index (κ2) is 6.52. The zero-order valence-corrected chi connectivity index (χ0v) is 11.4. The van der Waals surface area contributed by atoms with E-state index in [0.717, 1.165) is 11.3 Å². The summed E-state index contributed by atoms with van der Waals surface area (Å²) < 4.78 is 5.29. The molecule has 1 aromatic carbocycles. The molecule has 0 spiro atoms. The minimum Gasteiger partial charge on any atom is -0.496 e. The standard InChI is InChI=1S/C14H21NO3/c1-10(16)8-15(3)9-13-7-12(11(2)17)5-6-14(13)18-4/h5-7,10,16H,8-9H2,1-4H3. The topological polar surface area (TPSA) is 49.8 Å². The third-order valence-electron chi connectivity index (χ3n) is 2.70. The number of hydrogen-bond donors (Lipinski definition) is 1. The zero-order chi connectivity index (χ0) is 13.7. The van der Waals surface area contributed by atoms with E-state index in [1.807, 2.05) is 24.1 Å². The molecule has 100 valence electrons. The Hall–Kier alpha value is -1.39. The Morgan fingerprint density at radius 3 is 2.67 bits per heavy atom. The van der Waals surface area contributed by atoms with Crippen LogP contribution in [0.2, 0.25) is 0 Å². The smallest absolute Gasteiger partial charge is 0.159 e. The van der Waals surface area contributed by atoms with Crippen LogP contribution >= 0.6 is 0 Å². The van der Waals surface area contributed by atoms with E-state index in [-0.39, 0.29) is 11.9 Å². The minimum atomic E-state index is -0.378. The molecule has 0 amide bonds. The van der Waals surface area contributed by atoms with Crippen LogP contribution < -0.4 is 4.74 Å². The van der Waals surface area contributed by atoms with Gasteiger partial charge in [-0.05, 0) is 39.1 Å². The van der Waals surface area contributed by atoms with Crippen LogP contribution in [0.3, 0.4) is 0 Å². The Kier molecular flexibility index (Phi) is 5.31. The first-order valence-corrected chi connectivity index (χ1v) is 5.98. The summed E-state index contributed by atoms with van der Waals surface area (Å²) >= 11 is 0. The third kappa shape index (κ3) is 4.13. The molecule has 4 nitrogen and oxygen atoms in total. The summed E-state index contributed by atoms with van der Waals surface area (Å²) in [4.78, 5) is 13.4. The molecule has 4 heteroatoms. The molecule has 1 aromatic rings. The van der Waals surface area contributed by atoms with Gasteiger partial charge in [-0.3, -0.25) is 9.69 Å². The quantitative estimate of drug-likeness (QED) is 0.782. The van der Waals surface area contributed by atoms with Gasteiger partial charge in [0.15, 0.2) is 5.78 Å². The molecular weight excluding hydrogens is 230 g/mol. The van der Waals surface area contributed by atoms with Crippen LogP contribution in [0.5, 0.6) is 5.75 Å². The van der Waals surface area contributed by atoms with Crippen molar-refractivity contribution in [1.82, 2.24) is 4.90 Å². The van der Waals surface area contributed by atoms with E-state index in [0.29, 0.717) is 18.7 Å². The summed E-state index contributed by atoms with van der Waals surface area (Å²) in [6.07, 6.45) is -0.378. The van der Waals surface area contributed by atoms with Gasteiger partial charge in [0.05, 0.1) is 13.2 Å². The van der Waals surface area contributed by atoms with Crippen LogP contribution in [0.4, 0.5) is 0 Å². The van der Waals surface area contributed by atoms with E-state index in [1.165, 1.54) is 0 Å². The van der Waals surface area contributed by atoms with E-state index in [2.05, 4.69) is 0 Å². The molecule has 0 aliphatic heterocycles. The number of Topliss-reactive ketones (excluding diaryl/α,β-unsaturated/α-hetero) is 1. The summed E-state index contributed by atoms with van der Waals surface area (Å²) in [6, 6.07) is 5.42. The molecule has 0 radical (unpaired) electrons. The van der Waals surface area contributed by atoms with E-state index in [4.69, 9.17) is 4.74 Å². The number of ketones is 1. The number of likely N-dealkylation sites (N-methyl/N-ethyl adjacent to an activating group) is 1. The lowest BCUT2D eigenvalue weighted by Gasteiger charge is -2.20. The highest BCUT2D eigenvalue weighted by atomic mass is 16.5. The average Bonchev–Trinajstić information content (AvgIpc) is 2.27. The summed E-state index contributed by atoms with van der Waals surface area (Å²) in [7, 11) is 3.54. The highest BCUT2D eigenvalue weighted by molar-refractivity contribution is 5.94. The van der Waals surface area contributed by atoms with Crippen molar-refractivity contribution in [2.24, 2.45) is 0 Å². The van der Waals surface area contributed by atoms with Crippen LogP contribution in [0.1, 0.15) is 29.8 Å². The first kappa shape index (κ1) is 14.7. The maximum Gasteiger partial charge on any atom is 0.159 e. The lowest BCUT2D eigenvalue weighted by molar-refractivity contribution is 0.101. The van der Waals surface area contributed by atoms with Crippen LogP contribution in [0.15, 0.2) is 18.2 Å². The van der Waals surface area contributed by atoms with Gasteiger partial charge in [-0.25, -0.2) is 0 Å². The van der Waals surface area contributed by atoms with Gasteiger partial charge in [0, 0.05) is 24.2 Å². The highest BCUT2D eigenvalue weighted by Gasteiger charge is 2.10. The predicted octanol–water partition coefficient (Wildman–Crippen LogP) is 1.71. The molecule has 0 aromatic heterocycles. The molecule has 0 aliphatic rings. The fourth-order valence-electron chi connectivity index (χ4n) is 1.93. The van der Waals surface area contributed by atoms with Gasteiger partial charge in [0.25, 0.3) is 0 Å². The van der Waals surface area contributed by atoms with Gasteiger partial charge in [-0.2, -0.15) is 0 Å². The van der Waals surface area contributed by atoms with Crippen molar-refractivity contribution < 1.29 is 14.6 Å². The van der Waals surface area contributed by atoms with Crippen molar-refractivity contribution in [3.8, 4) is 5.75 Å². The van der Waals surface area contributed by atoms with Gasteiger partial charge in [-0.1, -0.05) is 0 Å². The first-order chi connectivity index (χ1) is 8.43. The molecule has 1 rings (SSSR count). The molecule has 0 saturated carbocycles. The van der Waals surface area contributed by atoms with Crippen molar-refractivity contribution >= 4 is 5.78 Å². The monoisotopic (exact) mass is 251 g/mol. The normalized spacial score (nSPS) is 12.6. The average molecular weight is 251 g/mol. The fourth-order valence-corrected chi connectivity index (χ4v) is 1.93. The number of nitrogens with zero attached hydrogens (tertiary/aromatic N) is 1. The number of aliphatic hydroxyl groups excluding tert-OH is 1. The van der Waals surface area contributed by atoms with Crippen molar-refractivity contribution in [2.45, 2.75) is 26.5 Å². The van der Waals surface area contributed by atoms with Crippen molar-refractivity contribution in [3.05, 3.63) is 29.3 Å². The van der Waals surface area contributed by atoms with Crippen molar-refractivity contribution in [3.63, 3.8) is 0 Å². The molecule has 0 fully saturated rings. The first-order valence-electron chi connectivity index (χ1n) is 5.98. The Morgan fingerprint density at radius 1 is 1.50 bits per heavy atom. The van der Waals surface area contributed by atoms with Crippen LogP contribution in [0, 0.1) is 0 Å². The summed E-state index contributed by atoms with van der Waals surface area (Å²) in [5.74, 6) is 0.800.